The number of hydrogen-bond acceptors (Lipinski definition) is 4. The third-order valence-electron chi connectivity index (χ3n) is 4.19. The number of carbonyl (C=O) groups is 1. The maximum absolute atomic E-state index is 12.1. The van der Waals surface area contributed by atoms with E-state index >= 15 is 0 Å². The van der Waals surface area contributed by atoms with Gasteiger partial charge in [0.25, 0.3) is 0 Å². The summed E-state index contributed by atoms with van der Waals surface area (Å²) in [4.78, 5) is 20.9. The van der Waals surface area contributed by atoms with Crippen molar-refractivity contribution < 1.29 is 4.79 Å². The fraction of sp³-hybridized carbons (Fsp3) is 0.158. The van der Waals surface area contributed by atoms with Crippen molar-refractivity contribution in [2.24, 2.45) is 11.0 Å². The number of para-hydroxylation sites is 2. The first kappa shape index (κ1) is 14.5. The van der Waals surface area contributed by atoms with Crippen LogP contribution in [0.4, 0.5) is 0 Å². The Morgan fingerprint density at radius 1 is 1.08 bits per heavy atom. The van der Waals surface area contributed by atoms with Gasteiger partial charge >= 0.3 is 0 Å². The fourth-order valence-corrected chi connectivity index (χ4v) is 2.83. The van der Waals surface area contributed by atoms with Crippen LogP contribution < -0.4 is 5.43 Å². The Hall–Kier alpha value is -3.08. The Bertz CT molecular complexity index is 907. The van der Waals surface area contributed by atoms with Crippen molar-refractivity contribution in [3.63, 3.8) is 0 Å². The third kappa shape index (κ3) is 3.01. The Labute approximate surface area is 139 Å². The molecule has 5 heteroatoms. The van der Waals surface area contributed by atoms with Gasteiger partial charge in [-0.25, -0.2) is 10.4 Å². The Morgan fingerprint density at radius 3 is 2.67 bits per heavy atom. The molecule has 1 fully saturated rings. The molecule has 0 radical (unpaired) electrons. The van der Waals surface area contributed by atoms with Crippen LogP contribution in [-0.2, 0) is 4.79 Å². The van der Waals surface area contributed by atoms with Crippen molar-refractivity contribution in [1.29, 1.82) is 0 Å². The molecule has 118 valence electrons. The summed E-state index contributed by atoms with van der Waals surface area (Å²) in [6, 6.07) is 17.7. The number of benzene rings is 2. The minimum Gasteiger partial charge on any atom is -0.273 e. The number of rotatable bonds is 4. The van der Waals surface area contributed by atoms with E-state index in [0.29, 0.717) is 11.6 Å². The van der Waals surface area contributed by atoms with E-state index < -0.39 is 0 Å². The van der Waals surface area contributed by atoms with Crippen LogP contribution in [-0.4, -0.2) is 22.1 Å². The highest BCUT2D eigenvalue weighted by Gasteiger charge is 2.43. The van der Waals surface area contributed by atoms with E-state index in [1.165, 1.54) is 11.8 Å². The van der Waals surface area contributed by atoms with Crippen LogP contribution >= 0.6 is 0 Å². The Kier molecular flexibility index (Phi) is 3.75. The summed E-state index contributed by atoms with van der Waals surface area (Å²) >= 11 is 0. The number of carbonyl (C=O) groups excluding carboxylic acids is 1. The smallest absolute Gasteiger partial charge is 0.243 e. The summed E-state index contributed by atoms with van der Waals surface area (Å²) in [6.07, 6.45) is 4.04. The van der Waals surface area contributed by atoms with E-state index in [4.69, 9.17) is 0 Å². The van der Waals surface area contributed by atoms with E-state index in [9.17, 15) is 4.79 Å². The SMILES string of the molecule is O=C(N/N=C/c1cnc2ccccc2n1)[C@@H]1C[C@H]1c1ccccc1. The lowest BCUT2D eigenvalue weighted by Gasteiger charge is -2.00. The van der Waals surface area contributed by atoms with Crippen LogP contribution in [0.25, 0.3) is 11.0 Å². The molecule has 4 rings (SSSR count). The van der Waals surface area contributed by atoms with Gasteiger partial charge in [-0.1, -0.05) is 42.5 Å². The van der Waals surface area contributed by atoms with Crippen LogP contribution in [0.5, 0.6) is 0 Å². The van der Waals surface area contributed by atoms with Gasteiger partial charge in [-0.05, 0) is 30.0 Å². The average Bonchev–Trinajstić information content (AvgIpc) is 3.43. The summed E-state index contributed by atoms with van der Waals surface area (Å²) in [5.74, 6) is 0.267. The lowest BCUT2D eigenvalue weighted by atomic mass is 10.1. The molecule has 1 aliphatic carbocycles. The zero-order valence-electron chi connectivity index (χ0n) is 13.0. The molecule has 1 aromatic heterocycles. The summed E-state index contributed by atoms with van der Waals surface area (Å²) < 4.78 is 0. The highest BCUT2D eigenvalue weighted by molar-refractivity contribution is 5.86. The summed E-state index contributed by atoms with van der Waals surface area (Å²) in [5.41, 5.74) is 6.07. The monoisotopic (exact) mass is 316 g/mol. The van der Waals surface area contributed by atoms with Gasteiger partial charge in [0.1, 0.15) is 5.69 Å². The minimum absolute atomic E-state index is 0.00670. The molecule has 5 nitrogen and oxygen atoms in total. The van der Waals surface area contributed by atoms with Gasteiger partial charge < -0.3 is 0 Å². The van der Waals surface area contributed by atoms with Crippen molar-refractivity contribution in [2.75, 3.05) is 0 Å². The number of nitrogens with one attached hydrogen (secondary N) is 1. The van der Waals surface area contributed by atoms with E-state index in [0.717, 1.165) is 17.5 Å². The molecule has 0 bridgehead atoms. The summed E-state index contributed by atoms with van der Waals surface area (Å²) in [7, 11) is 0. The first-order valence-corrected chi connectivity index (χ1v) is 7.91. The Balaban J connectivity index is 1.37. The lowest BCUT2D eigenvalue weighted by Crippen LogP contribution is -2.20. The van der Waals surface area contributed by atoms with E-state index in [1.807, 2.05) is 42.5 Å². The predicted molar refractivity (Wildman–Crippen MR) is 92.6 cm³/mol. The molecular weight excluding hydrogens is 300 g/mol. The molecule has 2 atom stereocenters. The maximum Gasteiger partial charge on any atom is 0.243 e. The highest BCUT2D eigenvalue weighted by atomic mass is 16.2. The van der Waals surface area contributed by atoms with Crippen LogP contribution in [0.15, 0.2) is 65.9 Å². The van der Waals surface area contributed by atoms with Gasteiger partial charge in [-0.3, -0.25) is 9.78 Å². The Morgan fingerprint density at radius 2 is 1.83 bits per heavy atom. The fourth-order valence-electron chi connectivity index (χ4n) is 2.83. The molecule has 0 aliphatic heterocycles. The molecule has 1 saturated carbocycles. The summed E-state index contributed by atoms with van der Waals surface area (Å²) in [5, 5.41) is 4.01. The van der Waals surface area contributed by atoms with Crippen molar-refractivity contribution in [2.45, 2.75) is 12.3 Å². The van der Waals surface area contributed by atoms with Crippen molar-refractivity contribution in [1.82, 2.24) is 15.4 Å². The number of hydrogen-bond donors (Lipinski definition) is 1. The number of amides is 1. The van der Waals surface area contributed by atoms with Gasteiger partial charge in [0.2, 0.25) is 5.91 Å². The second kappa shape index (κ2) is 6.20. The zero-order chi connectivity index (χ0) is 16.4. The molecule has 24 heavy (non-hydrogen) atoms. The minimum atomic E-state index is -0.0474. The number of aromatic nitrogens is 2. The van der Waals surface area contributed by atoms with Gasteiger partial charge in [-0.2, -0.15) is 5.10 Å². The second-order valence-electron chi connectivity index (χ2n) is 5.88. The van der Waals surface area contributed by atoms with Crippen molar-refractivity contribution >= 4 is 23.2 Å². The topological polar surface area (TPSA) is 67.2 Å². The normalized spacial score (nSPS) is 19.5. The van der Waals surface area contributed by atoms with E-state index in [-0.39, 0.29) is 11.8 Å². The third-order valence-corrected chi connectivity index (χ3v) is 4.19. The van der Waals surface area contributed by atoms with E-state index in [2.05, 4.69) is 32.6 Å². The molecule has 0 unspecified atom stereocenters. The summed E-state index contributed by atoms with van der Waals surface area (Å²) in [6.45, 7) is 0. The second-order valence-corrected chi connectivity index (χ2v) is 5.88. The van der Waals surface area contributed by atoms with Crippen LogP contribution in [0, 0.1) is 5.92 Å². The molecule has 1 amide bonds. The van der Waals surface area contributed by atoms with Gasteiger partial charge in [0, 0.05) is 5.92 Å². The average molecular weight is 316 g/mol. The number of fused-ring (bicyclic) bond motifs is 1. The van der Waals surface area contributed by atoms with Crippen molar-refractivity contribution in [3.8, 4) is 0 Å². The molecule has 3 aromatic rings. The predicted octanol–water partition coefficient (Wildman–Crippen LogP) is 2.88. The van der Waals surface area contributed by atoms with Crippen LogP contribution in [0.2, 0.25) is 0 Å². The lowest BCUT2D eigenvalue weighted by molar-refractivity contribution is -0.122. The first-order valence-electron chi connectivity index (χ1n) is 7.91. The van der Waals surface area contributed by atoms with Gasteiger partial charge in [-0.15, -0.1) is 0 Å². The first-order chi connectivity index (χ1) is 11.8. The van der Waals surface area contributed by atoms with Crippen molar-refractivity contribution in [3.05, 3.63) is 72.1 Å². The number of nitrogens with zero attached hydrogens (tertiary/aromatic N) is 3. The maximum atomic E-state index is 12.1. The molecule has 1 heterocycles. The highest BCUT2D eigenvalue weighted by Crippen LogP contribution is 2.47. The molecule has 0 saturated heterocycles. The zero-order valence-corrected chi connectivity index (χ0v) is 13.0. The van der Waals surface area contributed by atoms with Crippen LogP contribution in [0.1, 0.15) is 23.6 Å². The van der Waals surface area contributed by atoms with E-state index in [1.54, 1.807) is 6.20 Å². The number of hydrazone groups is 1. The molecule has 1 aliphatic rings. The molecular formula is C19H16N4O. The molecule has 1 N–H and O–H groups in total. The molecule has 0 spiro atoms. The van der Waals surface area contributed by atoms with Gasteiger partial charge in [0.15, 0.2) is 0 Å². The van der Waals surface area contributed by atoms with Gasteiger partial charge in [0.05, 0.1) is 23.4 Å². The quantitative estimate of drug-likeness (QED) is 0.594. The van der Waals surface area contributed by atoms with Crippen LogP contribution in [0.3, 0.4) is 0 Å². The largest absolute Gasteiger partial charge is 0.273 e. The standard InChI is InChI=1S/C19H16N4O/c24-19(16-10-15(16)13-6-2-1-3-7-13)23-21-12-14-11-20-17-8-4-5-9-18(17)22-14/h1-9,11-12,15-16H,10H2,(H,23,24)/b21-12+/t15-,16+/m0/s1. The molecule has 2 aromatic carbocycles.